The summed E-state index contributed by atoms with van der Waals surface area (Å²) in [7, 11) is 1.93. The van der Waals surface area contributed by atoms with Gasteiger partial charge in [-0.1, -0.05) is 6.07 Å². The van der Waals surface area contributed by atoms with Crippen molar-refractivity contribution in [1.29, 1.82) is 0 Å². The minimum Gasteiger partial charge on any atom is -0.482 e. The predicted octanol–water partition coefficient (Wildman–Crippen LogP) is 1.41. The molecule has 5 nitrogen and oxygen atoms in total. The van der Waals surface area contributed by atoms with Crippen molar-refractivity contribution in [2.24, 2.45) is 5.73 Å². The zero-order valence-electron chi connectivity index (χ0n) is 11.4. The summed E-state index contributed by atoms with van der Waals surface area (Å²) >= 11 is 0. The molecule has 0 aromatic heterocycles. The van der Waals surface area contributed by atoms with E-state index in [9.17, 15) is 4.79 Å². The molecule has 2 unspecified atom stereocenters. The Balaban J connectivity index is 2.15. The molecule has 19 heavy (non-hydrogen) atoms. The molecule has 1 aromatic carbocycles. The number of carbonyl (C=O) groups is 1. The number of nitrogens with two attached hydrogens (primary N) is 1. The topological polar surface area (TPSA) is 76.4 Å². The maximum atomic E-state index is 11.3. The van der Waals surface area contributed by atoms with Crippen molar-refractivity contribution < 1.29 is 9.53 Å². The quantitative estimate of drug-likeness (QED) is 0.750. The van der Waals surface area contributed by atoms with Gasteiger partial charge < -0.3 is 21.1 Å². The molecule has 0 bridgehead atoms. The van der Waals surface area contributed by atoms with Gasteiger partial charge in [0.05, 0.1) is 5.69 Å². The number of hydrogen-bond donors (Lipinski definition) is 3. The first kappa shape index (κ1) is 13.8. The summed E-state index contributed by atoms with van der Waals surface area (Å²) in [6, 6.07) is 6.32. The van der Waals surface area contributed by atoms with Crippen molar-refractivity contribution >= 4 is 11.6 Å². The fourth-order valence-corrected chi connectivity index (χ4v) is 2.22. The van der Waals surface area contributed by atoms with Gasteiger partial charge in [0.1, 0.15) is 5.75 Å². The average molecular weight is 263 g/mol. The van der Waals surface area contributed by atoms with Crippen molar-refractivity contribution in [1.82, 2.24) is 5.32 Å². The number of amides is 1. The molecule has 104 valence electrons. The average Bonchev–Trinajstić information content (AvgIpc) is 2.38. The Labute approximate surface area is 113 Å². The maximum Gasteiger partial charge on any atom is 0.262 e. The first-order valence-corrected chi connectivity index (χ1v) is 6.59. The van der Waals surface area contributed by atoms with E-state index in [2.05, 4.69) is 10.6 Å². The van der Waals surface area contributed by atoms with E-state index in [0.717, 1.165) is 29.8 Å². The Morgan fingerprint density at radius 2 is 2.26 bits per heavy atom. The second-order valence-electron chi connectivity index (χ2n) is 4.99. The molecule has 5 heteroatoms. The third-order valence-electron chi connectivity index (χ3n) is 3.30. The number of carbonyl (C=O) groups excluding carboxylic acids is 1. The normalized spacial score (nSPS) is 17.1. The van der Waals surface area contributed by atoms with Crippen molar-refractivity contribution in [2.75, 3.05) is 19.0 Å². The van der Waals surface area contributed by atoms with Gasteiger partial charge >= 0.3 is 0 Å². The highest BCUT2D eigenvalue weighted by atomic mass is 16.5. The lowest BCUT2D eigenvalue weighted by Crippen LogP contribution is -2.26. The number of fused-ring (bicyclic) bond motifs is 1. The van der Waals surface area contributed by atoms with Gasteiger partial charge in [-0.3, -0.25) is 4.79 Å². The van der Waals surface area contributed by atoms with Gasteiger partial charge in [0.2, 0.25) is 0 Å². The molecule has 1 aliphatic heterocycles. The van der Waals surface area contributed by atoms with Gasteiger partial charge in [-0.05, 0) is 44.5 Å². The van der Waals surface area contributed by atoms with Gasteiger partial charge in [0.25, 0.3) is 5.91 Å². The standard InChI is InChI=1S/C14H21N3O2/c1-9(15)3-5-11(16-2)10-4-6-13-12(7-10)17-14(18)8-19-13/h4,6-7,9,11,16H,3,5,8,15H2,1-2H3,(H,17,18). The van der Waals surface area contributed by atoms with Crippen LogP contribution in [0.2, 0.25) is 0 Å². The number of benzene rings is 1. The van der Waals surface area contributed by atoms with E-state index in [1.165, 1.54) is 0 Å². The molecule has 0 saturated heterocycles. The summed E-state index contributed by atoms with van der Waals surface area (Å²) in [6.07, 6.45) is 1.91. The van der Waals surface area contributed by atoms with E-state index in [4.69, 9.17) is 10.5 Å². The Bertz CT molecular complexity index is 460. The van der Waals surface area contributed by atoms with E-state index >= 15 is 0 Å². The van der Waals surface area contributed by atoms with Gasteiger partial charge in [-0.25, -0.2) is 0 Å². The third-order valence-corrected chi connectivity index (χ3v) is 3.30. The highest BCUT2D eigenvalue weighted by Crippen LogP contribution is 2.31. The summed E-state index contributed by atoms with van der Waals surface area (Å²) in [4.78, 5) is 11.3. The minimum atomic E-state index is -0.110. The van der Waals surface area contributed by atoms with E-state index < -0.39 is 0 Å². The summed E-state index contributed by atoms with van der Waals surface area (Å²) in [5.41, 5.74) is 7.68. The molecule has 0 fully saturated rings. The molecule has 0 saturated carbocycles. The smallest absolute Gasteiger partial charge is 0.262 e. The van der Waals surface area contributed by atoms with Crippen LogP contribution in [0.5, 0.6) is 5.75 Å². The van der Waals surface area contributed by atoms with Gasteiger partial charge in [-0.2, -0.15) is 0 Å². The molecule has 1 amide bonds. The Hall–Kier alpha value is -1.59. The van der Waals surface area contributed by atoms with E-state index in [0.29, 0.717) is 0 Å². The molecule has 1 aliphatic rings. The number of ether oxygens (including phenoxy) is 1. The number of nitrogens with one attached hydrogen (secondary N) is 2. The first-order chi connectivity index (χ1) is 9.10. The second kappa shape index (κ2) is 6.04. The van der Waals surface area contributed by atoms with Gasteiger partial charge in [0.15, 0.2) is 6.61 Å². The van der Waals surface area contributed by atoms with Crippen molar-refractivity contribution in [3.8, 4) is 5.75 Å². The minimum absolute atomic E-state index is 0.0898. The summed E-state index contributed by atoms with van der Waals surface area (Å²) < 4.78 is 5.35. The van der Waals surface area contributed by atoms with Crippen molar-refractivity contribution in [3.63, 3.8) is 0 Å². The molecular formula is C14H21N3O2. The molecule has 1 aromatic rings. The molecule has 0 spiro atoms. The van der Waals surface area contributed by atoms with Gasteiger partial charge in [-0.15, -0.1) is 0 Å². The lowest BCUT2D eigenvalue weighted by atomic mass is 9.99. The molecular weight excluding hydrogens is 242 g/mol. The third kappa shape index (κ3) is 3.45. The van der Waals surface area contributed by atoms with Crippen LogP contribution >= 0.6 is 0 Å². The van der Waals surface area contributed by atoms with Crippen LogP contribution in [-0.2, 0) is 4.79 Å². The molecule has 2 atom stereocenters. The van der Waals surface area contributed by atoms with Crippen LogP contribution < -0.4 is 21.1 Å². The van der Waals surface area contributed by atoms with Crippen LogP contribution in [-0.4, -0.2) is 25.6 Å². The van der Waals surface area contributed by atoms with Gasteiger partial charge in [0, 0.05) is 12.1 Å². The van der Waals surface area contributed by atoms with Crippen LogP contribution in [0.4, 0.5) is 5.69 Å². The largest absolute Gasteiger partial charge is 0.482 e. The van der Waals surface area contributed by atoms with E-state index in [1.807, 2.05) is 32.2 Å². The highest BCUT2D eigenvalue weighted by molar-refractivity contribution is 5.95. The SMILES string of the molecule is CNC(CCC(C)N)c1ccc2c(c1)NC(=O)CO2. The number of anilines is 1. The predicted molar refractivity (Wildman–Crippen MR) is 75.3 cm³/mol. The van der Waals surface area contributed by atoms with Crippen LogP contribution in [0.15, 0.2) is 18.2 Å². The number of rotatable bonds is 5. The maximum absolute atomic E-state index is 11.3. The summed E-state index contributed by atoms with van der Waals surface area (Å²) in [5, 5.41) is 6.11. The lowest BCUT2D eigenvalue weighted by molar-refractivity contribution is -0.118. The van der Waals surface area contributed by atoms with Crippen LogP contribution in [0.3, 0.4) is 0 Å². The molecule has 2 rings (SSSR count). The molecule has 1 heterocycles. The Morgan fingerprint density at radius 3 is 2.95 bits per heavy atom. The van der Waals surface area contributed by atoms with E-state index in [1.54, 1.807) is 0 Å². The molecule has 4 N–H and O–H groups in total. The molecule has 0 radical (unpaired) electrons. The fraction of sp³-hybridized carbons (Fsp3) is 0.500. The van der Waals surface area contributed by atoms with Crippen LogP contribution in [0, 0.1) is 0 Å². The highest BCUT2D eigenvalue weighted by Gasteiger charge is 2.18. The monoisotopic (exact) mass is 263 g/mol. The van der Waals surface area contributed by atoms with Crippen LogP contribution in [0.25, 0.3) is 0 Å². The van der Waals surface area contributed by atoms with Crippen LogP contribution in [0.1, 0.15) is 31.4 Å². The van der Waals surface area contributed by atoms with Crippen molar-refractivity contribution in [3.05, 3.63) is 23.8 Å². The summed E-state index contributed by atoms with van der Waals surface area (Å²) in [6.45, 7) is 2.10. The van der Waals surface area contributed by atoms with E-state index in [-0.39, 0.29) is 24.6 Å². The first-order valence-electron chi connectivity index (χ1n) is 6.59. The zero-order chi connectivity index (χ0) is 13.8. The fourth-order valence-electron chi connectivity index (χ4n) is 2.22. The number of hydrogen-bond acceptors (Lipinski definition) is 4. The molecule has 0 aliphatic carbocycles. The Morgan fingerprint density at radius 1 is 1.47 bits per heavy atom. The Kier molecular flexibility index (Phi) is 4.39. The van der Waals surface area contributed by atoms with Crippen molar-refractivity contribution in [2.45, 2.75) is 31.8 Å². The summed E-state index contributed by atoms with van der Waals surface area (Å²) in [5.74, 6) is 0.617. The lowest BCUT2D eigenvalue weighted by Gasteiger charge is -2.22. The zero-order valence-corrected chi connectivity index (χ0v) is 11.4. The second-order valence-corrected chi connectivity index (χ2v) is 4.99.